The zero-order valence-corrected chi connectivity index (χ0v) is 19.6. The molecule has 0 unspecified atom stereocenters. The molecule has 10 heteroatoms. The first kappa shape index (κ1) is 23.0. The summed E-state index contributed by atoms with van der Waals surface area (Å²) in [6.07, 6.45) is 0. The van der Waals surface area contributed by atoms with Crippen LogP contribution >= 0.6 is 91.6 Å². The van der Waals surface area contributed by atoms with Crippen LogP contribution in [0.2, 0.25) is 20.1 Å². The first-order chi connectivity index (χ1) is 11.6. The van der Waals surface area contributed by atoms with E-state index in [0.29, 0.717) is 24.2 Å². The van der Waals surface area contributed by atoms with Crippen LogP contribution < -0.4 is 0 Å². The van der Waals surface area contributed by atoms with Crippen LogP contribution in [0.1, 0.15) is 20.7 Å². The third-order valence-corrected chi connectivity index (χ3v) is 6.21. The Labute approximate surface area is 191 Å². The summed E-state index contributed by atoms with van der Waals surface area (Å²) in [6.45, 7) is 0. The Kier molecular flexibility index (Phi) is 9.55. The van der Waals surface area contributed by atoms with Gasteiger partial charge in [-0.25, -0.2) is 9.59 Å². The maximum atomic E-state index is 11.2. The average Bonchev–Trinajstić information content (AvgIpc) is 2.53. The fraction of sp³-hybridized carbons (Fsp3) is 0.0667. The van der Waals surface area contributed by atoms with Crippen molar-refractivity contribution in [2.24, 2.45) is 0 Å². The van der Waals surface area contributed by atoms with Gasteiger partial charge in [0.2, 0.25) is 0 Å². The Balaban J connectivity index is 0.000000251. The number of hydrogen-bond acceptors (Lipinski definition) is 3. The summed E-state index contributed by atoms with van der Waals surface area (Å²) in [4.78, 5) is 21.7. The van der Waals surface area contributed by atoms with Gasteiger partial charge in [-0.15, -0.1) is 0 Å². The summed E-state index contributed by atoms with van der Waals surface area (Å²) in [7, 11) is 1.30. The van der Waals surface area contributed by atoms with Gasteiger partial charge >= 0.3 is 11.9 Å². The number of hydrogen-bond donors (Lipinski definition) is 1. The number of carboxylic acid groups (broad SMARTS) is 1. The monoisotopic (exact) mass is 646 g/mol. The van der Waals surface area contributed by atoms with Crippen LogP contribution in [0, 0.1) is 7.14 Å². The van der Waals surface area contributed by atoms with Crippen LogP contribution in [-0.4, -0.2) is 24.2 Å². The summed E-state index contributed by atoms with van der Waals surface area (Å²) < 4.78 is 5.91. The number of methoxy groups -OCH3 is 1. The van der Waals surface area contributed by atoms with E-state index in [1.54, 1.807) is 12.1 Å². The van der Waals surface area contributed by atoms with Gasteiger partial charge in [-0.3, -0.25) is 0 Å². The van der Waals surface area contributed by atoms with Gasteiger partial charge in [0, 0.05) is 17.2 Å². The van der Waals surface area contributed by atoms with E-state index >= 15 is 0 Å². The maximum absolute atomic E-state index is 11.2. The molecule has 0 saturated heterocycles. The van der Waals surface area contributed by atoms with Gasteiger partial charge in [0.1, 0.15) is 0 Å². The molecule has 0 bridgehead atoms. The summed E-state index contributed by atoms with van der Waals surface area (Å²) >= 11 is 26.9. The molecule has 0 aromatic heterocycles. The molecule has 4 nitrogen and oxygen atoms in total. The standard InChI is InChI=1S/C8H5Cl2IO2.C7H3Cl2IO2/c1-13-8(12)5-2-4(9)3-6(11)7(5)10;8-3-1-4(7(11)12)6(9)5(10)2-3/h2-3H,1H3;1-2H,(H,11,12). The lowest BCUT2D eigenvalue weighted by atomic mass is 10.2. The largest absolute Gasteiger partial charge is 0.478 e. The number of aromatic carboxylic acids is 1. The molecule has 2 rings (SSSR count). The van der Waals surface area contributed by atoms with Crippen molar-refractivity contribution in [2.75, 3.05) is 7.11 Å². The molecular weight excluding hydrogens is 640 g/mol. The second-order valence-corrected chi connectivity index (χ2v) is 8.25. The zero-order valence-electron chi connectivity index (χ0n) is 12.2. The maximum Gasteiger partial charge on any atom is 0.339 e. The molecule has 0 fully saturated rings. The van der Waals surface area contributed by atoms with Crippen LogP contribution in [0.4, 0.5) is 0 Å². The minimum absolute atomic E-state index is 0.0357. The highest BCUT2D eigenvalue weighted by Gasteiger charge is 2.14. The van der Waals surface area contributed by atoms with Crippen LogP contribution in [-0.2, 0) is 4.74 Å². The van der Waals surface area contributed by atoms with E-state index in [-0.39, 0.29) is 10.6 Å². The van der Waals surface area contributed by atoms with Crippen molar-refractivity contribution < 1.29 is 19.4 Å². The summed E-state index contributed by atoms with van der Waals surface area (Å²) in [5.74, 6) is -1.55. The van der Waals surface area contributed by atoms with Crippen LogP contribution in [0.25, 0.3) is 0 Å². The Hall–Kier alpha value is -0.000000000000000389. The Bertz CT molecular complexity index is 828. The third-order valence-electron chi connectivity index (χ3n) is 2.62. The van der Waals surface area contributed by atoms with Gasteiger partial charge in [0.05, 0.1) is 28.3 Å². The molecule has 1 N–H and O–H groups in total. The highest BCUT2D eigenvalue weighted by Crippen LogP contribution is 2.28. The molecule has 0 aliphatic carbocycles. The van der Waals surface area contributed by atoms with E-state index in [4.69, 9.17) is 51.5 Å². The highest BCUT2D eigenvalue weighted by atomic mass is 127. The molecule has 0 aliphatic rings. The first-order valence-corrected chi connectivity index (χ1v) is 9.86. The fourth-order valence-electron chi connectivity index (χ4n) is 1.53. The molecule has 0 aliphatic heterocycles. The number of carbonyl (C=O) groups excluding carboxylic acids is 1. The second kappa shape index (κ2) is 10.4. The number of halogens is 6. The van der Waals surface area contributed by atoms with Crippen LogP contribution in [0.5, 0.6) is 0 Å². The number of esters is 1. The van der Waals surface area contributed by atoms with Gasteiger partial charge in [0.25, 0.3) is 0 Å². The Morgan fingerprint density at radius 3 is 1.68 bits per heavy atom. The molecule has 0 saturated carbocycles. The quantitative estimate of drug-likeness (QED) is 0.225. The molecular formula is C15H8Cl4I2O4. The molecule has 0 atom stereocenters. The number of ether oxygens (including phenoxy) is 1. The smallest absolute Gasteiger partial charge is 0.339 e. The number of carbonyl (C=O) groups is 2. The fourth-order valence-corrected chi connectivity index (χ4v) is 3.96. The van der Waals surface area contributed by atoms with E-state index in [9.17, 15) is 9.59 Å². The van der Waals surface area contributed by atoms with Crippen molar-refractivity contribution in [1.29, 1.82) is 0 Å². The van der Waals surface area contributed by atoms with Crippen molar-refractivity contribution in [2.45, 2.75) is 0 Å². The SMILES string of the molecule is COC(=O)c1cc(Cl)cc(I)c1Cl.O=C(O)c1cc(Cl)cc(I)c1Cl. The molecule has 2 aromatic carbocycles. The lowest BCUT2D eigenvalue weighted by molar-refractivity contribution is 0.0600. The van der Waals surface area contributed by atoms with E-state index in [0.717, 1.165) is 3.57 Å². The normalized spacial score (nSPS) is 9.88. The van der Waals surface area contributed by atoms with Gasteiger partial charge < -0.3 is 9.84 Å². The molecule has 0 amide bonds. The van der Waals surface area contributed by atoms with Gasteiger partial charge in [-0.1, -0.05) is 46.4 Å². The summed E-state index contributed by atoms with van der Waals surface area (Å²) in [5.41, 5.74) is 0.328. The zero-order chi connectivity index (χ0) is 19.3. The average molecular weight is 648 g/mol. The predicted molar refractivity (Wildman–Crippen MR) is 117 cm³/mol. The molecule has 134 valence electrons. The molecule has 0 spiro atoms. The third kappa shape index (κ3) is 6.59. The molecule has 25 heavy (non-hydrogen) atoms. The number of carboxylic acids is 1. The van der Waals surface area contributed by atoms with Gasteiger partial charge in [-0.2, -0.15) is 0 Å². The Morgan fingerprint density at radius 1 is 0.880 bits per heavy atom. The van der Waals surface area contributed by atoms with Gasteiger partial charge in [0.15, 0.2) is 0 Å². The van der Waals surface area contributed by atoms with Crippen molar-refractivity contribution in [1.82, 2.24) is 0 Å². The topological polar surface area (TPSA) is 63.6 Å². The molecule has 0 heterocycles. The van der Waals surface area contributed by atoms with Crippen LogP contribution in [0.3, 0.4) is 0 Å². The minimum atomic E-state index is -1.07. The first-order valence-electron chi connectivity index (χ1n) is 6.19. The highest BCUT2D eigenvalue weighted by molar-refractivity contribution is 14.1. The van der Waals surface area contributed by atoms with Crippen molar-refractivity contribution in [3.8, 4) is 0 Å². The number of benzene rings is 2. The van der Waals surface area contributed by atoms with Crippen molar-refractivity contribution in [3.63, 3.8) is 0 Å². The summed E-state index contributed by atoms with van der Waals surface area (Å²) in [6, 6.07) is 6.10. The lowest BCUT2D eigenvalue weighted by Gasteiger charge is -2.04. The Morgan fingerprint density at radius 2 is 1.28 bits per heavy atom. The minimum Gasteiger partial charge on any atom is -0.478 e. The summed E-state index contributed by atoms with van der Waals surface area (Å²) in [5, 5.41) is 10.1. The van der Waals surface area contributed by atoms with Crippen LogP contribution in [0.15, 0.2) is 24.3 Å². The molecule has 0 radical (unpaired) electrons. The van der Waals surface area contributed by atoms with E-state index in [1.807, 2.05) is 45.2 Å². The second-order valence-electron chi connectivity index (χ2n) is 4.30. The lowest BCUT2D eigenvalue weighted by Crippen LogP contribution is -2.02. The predicted octanol–water partition coefficient (Wildman–Crippen LogP) is 6.68. The van der Waals surface area contributed by atoms with E-state index in [1.165, 1.54) is 19.2 Å². The van der Waals surface area contributed by atoms with E-state index in [2.05, 4.69) is 4.74 Å². The van der Waals surface area contributed by atoms with Gasteiger partial charge in [-0.05, 0) is 69.4 Å². The number of rotatable bonds is 2. The molecule has 2 aromatic rings. The van der Waals surface area contributed by atoms with Crippen molar-refractivity contribution >= 4 is 104 Å². The van der Waals surface area contributed by atoms with E-state index < -0.39 is 11.9 Å². The van der Waals surface area contributed by atoms with Crippen molar-refractivity contribution in [3.05, 3.63) is 62.6 Å².